The Hall–Kier alpha value is -1.34. The van der Waals surface area contributed by atoms with Gasteiger partial charge < -0.3 is 19.5 Å². The van der Waals surface area contributed by atoms with Crippen LogP contribution in [0.2, 0.25) is 0 Å². The first-order valence-corrected chi connectivity index (χ1v) is 7.16. The molecule has 112 valence electrons. The molecule has 0 spiro atoms. The smallest absolute Gasteiger partial charge is 0.410 e. The molecule has 1 aliphatic carbocycles. The van der Waals surface area contributed by atoms with Crippen molar-refractivity contribution in [3.8, 4) is 0 Å². The molecule has 2 amide bonds. The van der Waals surface area contributed by atoms with Gasteiger partial charge in [0.1, 0.15) is 13.2 Å². The van der Waals surface area contributed by atoms with Gasteiger partial charge in [-0.05, 0) is 19.3 Å². The van der Waals surface area contributed by atoms with Crippen LogP contribution in [0, 0.1) is 0 Å². The van der Waals surface area contributed by atoms with Crippen LogP contribution < -0.4 is 5.32 Å². The summed E-state index contributed by atoms with van der Waals surface area (Å²) >= 11 is 0. The summed E-state index contributed by atoms with van der Waals surface area (Å²) < 4.78 is 16.1. The van der Waals surface area contributed by atoms with Gasteiger partial charge in [0.25, 0.3) is 0 Å². The van der Waals surface area contributed by atoms with Crippen LogP contribution >= 0.6 is 0 Å². The van der Waals surface area contributed by atoms with Crippen molar-refractivity contribution in [2.75, 3.05) is 32.9 Å². The fourth-order valence-corrected chi connectivity index (χ4v) is 3.01. The highest BCUT2D eigenvalue weighted by Crippen LogP contribution is 2.26. The Labute approximate surface area is 117 Å². The number of cyclic esters (lactones) is 1. The highest BCUT2D eigenvalue weighted by atomic mass is 16.6. The van der Waals surface area contributed by atoms with E-state index in [2.05, 4.69) is 5.32 Å². The monoisotopic (exact) mass is 284 g/mol. The van der Waals surface area contributed by atoms with Gasteiger partial charge in [-0.1, -0.05) is 0 Å². The van der Waals surface area contributed by atoms with Crippen molar-refractivity contribution in [1.29, 1.82) is 0 Å². The van der Waals surface area contributed by atoms with Gasteiger partial charge in [0.15, 0.2) is 0 Å². The standard InChI is InChI=1S/C13H20N2O5/c16-12(8-15-3-4-20-13(15)17)14-9-1-2-10-11(7-9)19-6-5-18-10/h9-11H,1-8H2,(H,14,16)/t9-,10-,11-/m1/s1. The Morgan fingerprint density at radius 2 is 2.00 bits per heavy atom. The number of fused-ring (bicyclic) bond motifs is 1. The second-order valence-electron chi connectivity index (χ2n) is 5.43. The second-order valence-corrected chi connectivity index (χ2v) is 5.43. The first-order valence-electron chi connectivity index (χ1n) is 7.16. The molecule has 3 aliphatic rings. The van der Waals surface area contributed by atoms with Gasteiger partial charge in [0.2, 0.25) is 5.91 Å². The maximum absolute atomic E-state index is 11.9. The highest BCUT2D eigenvalue weighted by Gasteiger charge is 2.35. The van der Waals surface area contributed by atoms with E-state index in [1.807, 2.05) is 0 Å². The van der Waals surface area contributed by atoms with Crippen molar-refractivity contribution in [3.05, 3.63) is 0 Å². The zero-order valence-corrected chi connectivity index (χ0v) is 11.4. The SMILES string of the molecule is O=C(CN1CCOC1=O)N[C@@H]1CC[C@H]2OCCO[C@@H]2C1. The zero-order valence-electron chi connectivity index (χ0n) is 11.4. The average Bonchev–Trinajstić information content (AvgIpc) is 2.84. The number of amides is 2. The van der Waals surface area contributed by atoms with Crippen molar-refractivity contribution in [2.45, 2.75) is 37.5 Å². The maximum Gasteiger partial charge on any atom is 0.410 e. The Morgan fingerprint density at radius 3 is 2.75 bits per heavy atom. The number of carbonyl (C=O) groups excluding carboxylic acids is 2. The number of nitrogens with one attached hydrogen (secondary N) is 1. The molecule has 0 bridgehead atoms. The summed E-state index contributed by atoms with van der Waals surface area (Å²) in [6.07, 6.45) is 2.42. The summed E-state index contributed by atoms with van der Waals surface area (Å²) in [6, 6.07) is 0.101. The van der Waals surface area contributed by atoms with E-state index in [0.717, 1.165) is 19.3 Å². The molecule has 2 heterocycles. The zero-order chi connectivity index (χ0) is 13.9. The van der Waals surface area contributed by atoms with Crippen LogP contribution in [0.25, 0.3) is 0 Å². The van der Waals surface area contributed by atoms with Crippen LogP contribution in [0.15, 0.2) is 0 Å². The normalized spacial score (nSPS) is 33.5. The minimum absolute atomic E-state index is 0.0702. The maximum atomic E-state index is 11.9. The van der Waals surface area contributed by atoms with E-state index in [0.29, 0.717) is 26.4 Å². The third-order valence-corrected chi connectivity index (χ3v) is 4.02. The predicted octanol–water partition coefficient (Wildman–Crippen LogP) is -0.109. The molecule has 3 rings (SSSR count). The molecule has 2 saturated heterocycles. The molecule has 1 N–H and O–H groups in total. The van der Waals surface area contributed by atoms with E-state index in [4.69, 9.17) is 14.2 Å². The van der Waals surface area contributed by atoms with E-state index >= 15 is 0 Å². The van der Waals surface area contributed by atoms with Crippen LogP contribution in [-0.2, 0) is 19.0 Å². The van der Waals surface area contributed by atoms with Crippen LogP contribution in [0.5, 0.6) is 0 Å². The molecular weight excluding hydrogens is 264 g/mol. The van der Waals surface area contributed by atoms with Gasteiger partial charge in [0, 0.05) is 6.04 Å². The predicted molar refractivity (Wildman–Crippen MR) is 68.2 cm³/mol. The molecule has 0 unspecified atom stereocenters. The number of hydrogen-bond acceptors (Lipinski definition) is 5. The molecular formula is C13H20N2O5. The topological polar surface area (TPSA) is 77.1 Å². The summed E-state index contributed by atoms with van der Waals surface area (Å²) in [6.45, 7) is 2.21. The van der Waals surface area contributed by atoms with E-state index in [1.54, 1.807) is 0 Å². The summed E-state index contributed by atoms with van der Waals surface area (Å²) in [5.41, 5.74) is 0. The van der Waals surface area contributed by atoms with Crippen molar-refractivity contribution < 1.29 is 23.8 Å². The third kappa shape index (κ3) is 3.04. The lowest BCUT2D eigenvalue weighted by Crippen LogP contribution is -2.50. The molecule has 0 aromatic rings. The molecule has 3 fully saturated rings. The molecule has 0 aromatic carbocycles. The van der Waals surface area contributed by atoms with Crippen molar-refractivity contribution >= 4 is 12.0 Å². The number of nitrogens with zero attached hydrogens (tertiary/aromatic N) is 1. The Kier molecular flexibility index (Phi) is 4.07. The first kappa shape index (κ1) is 13.6. The minimum Gasteiger partial charge on any atom is -0.448 e. The van der Waals surface area contributed by atoms with Gasteiger partial charge in [0.05, 0.1) is 32.0 Å². The van der Waals surface area contributed by atoms with Gasteiger partial charge in [-0.3, -0.25) is 9.69 Å². The first-order chi connectivity index (χ1) is 9.72. The van der Waals surface area contributed by atoms with Gasteiger partial charge in [-0.2, -0.15) is 0 Å². The Balaban J connectivity index is 1.45. The highest BCUT2D eigenvalue weighted by molar-refractivity contribution is 5.83. The largest absolute Gasteiger partial charge is 0.448 e. The van der Waals surface area contributed by atoms with Crippen molar-refractivity contribution in [1.82, 2.24) is 10.2 Å². The molecule has 1 saturated carbocycles. The second kappa shape index (κ2) is 5.97. The molecule has 7 nitrogen and oxygen atoms in total. The van der Waals surface area contributed by atoms with E-state index < -0.39 is 6.09 Å². The third-order valence-electron chi connectivity index (χ3n) is 4.02. The van der Waals surface area contributed by atoms with E-state index in [1.165, 1.54) is 4.90 Å². The fraction of sp³-hybridized carbons (Fsp3) is 0.846. The molecule has 0 aromatic heterocycles. The lowest BCUT2D eigenvalue weighted by molar-refractivity contribution is -0.158. The van der Waals surface area contributed by atoms with E-state index in [9.17, 15) is 9.59 Å². The summed E-state index contributed by atoms with van der Waals surface area (Å²) in [4.78, 5) is 24.6. The summed E-state index contributed by atoms with van der Waals surface area (Å²) in [7, 11) is 0. The summed E-state index contributed by atoms with van der Waals surface area (Å²) in [5.74, 6) is -0.135. The number of ether oxygens (including phenoxy) is 3. The van der Waals surface area contributed by atoms with Gasteiger partial charge in [-0.25, -0.2) is 4.79 Å². The minimum atomic E-state index is -0.409. The van der Waals surface area contributed by atoms with Gasteiger partial charge >= 0.3 is 6.09 Å². The average molecular weight is 284 g/mol. The van der Waals surface area contributed by atoms with Crippen molar-refractivity contribution in [3.63, 3.8) is 0 Å². The number of carbonyl (C=O) groups is 2. The molecule has 7 heteroatoms. The lowest BCUT2D eigenvalue weighted by Gasteiger charge is -2.39. The molecule has 2 aliphatic heterocycles. The number of rotatable bonds is 3. The molecule has 3 atom stereocenters. The molecule has 0 radical (unpaired) electrons. The molecule has 20 heavy (non-hydrogen) atoms. The Bertz CT molecular complexity index is 389. The van der Waals surface area contributed by atoms with Crippen LogP contribution in [-0.4, -0.2) is 68.1 Å². The number of hydrogen-bond donors (Lipinski definition) is 1. The lowest BCUT2D eigenvalue weighted by atomic mass is 9.89. The fourth-order valence-electron chi connectivity index (χ4n) is 3.01. The van der Waals surface area contributed by atoms with E-state index in [-0.39, 0.29) is 30.7 Å². The van der Waals surface area contributed by atoms with Crippen molar-refractivity contribution in [2.24, 2.45) is 0 Å². The summed E-state index contributed by atoms with van der Waals surface area (Å²) in [5, 5.41) is 2.98. The van der Waals surface area contributed by atoms with Gasteiger partial charge in [-0.15, -0.1) is 0 Å². The van der Waals surface area contributed by atoms with Crippen LogP contribution in [0.4, 0.5) is 4.79 Å². The van der Waals surface area contributed by atoms with Crippen LogP contribution in [0.3, 0.4) is 0 Å². The van der Waals surface area contributed by atoms with Crippen LogP contribution in [0.1, 0.15) is 19.3 Å². The quantitative estimate of drug-likeness (QED) is 0.782. The Morgan fingerprint density at radius 1 is 1.20 bits per heavy atom.